The zero-order valence-electron chi connectivity index (χ0n) is 12.0. The van der Waals surface area contributed by atoms with Gasteiger partial charge in [-0.15, -0.1) is 0 Å². The number of hydrogen-bond donors (Lipinski definition) is 2. The van der Waals surface area contributed by atoms with Crippen LogP contribution in [0.3, 0.4) is 0 Å². The number of rotatable bonds is 3. The fourth-order valence-corrected chi connectivity index (χ4v) is 2.76. The SMILES string of the molecule is CN1CCC(Nc2nc(C(=O)O)cc3ccccc23)CC1. The van der Waals surface area contributed by atoms with E-state index in [1.165, 1.54) is 0 Å². The zero-order valence-corrected chi connectivity index (χ0v) is 12.0. The summed E-state index contributed by atoms with van der Waals surface area (Å²) in [5.41, 5.74) is 0.0872. The van der Waals surface area contributed by atoms with Crippen LogP contribution in [0.4, 0.5) is 5.82 Å². The fourth-order valence-electron chi connectivity index (χ4n) is 2.76. The van der Waals surface area contributed by atoms with Crippen LogP contribution < -0.4 is 5.32 Å². The summed E-state index contributed by atoms with van der Waals surface area (Å²) in [4.78, 5) is 17.8. The molecule has 0 atom stereocenters. The highest BCUT2D eigenvalue weighted by molar-refractivity contribution is 5.97. The molecule has 0 bridgehead atoms. The van der Waals surface area contributed by atoms with Gasteiger partial charge in [-0.2, -0.15) is 0 Å². The number of fused-ring (bicyclic) bond motifs is 1. The Labute approximate surface area is 123 Å². The van der Waals surface area contributed by atoms with Crippen LogP contribution in [0.15, 0.2) is 30.3 Å². The highest BCUT2D eigenvalue weighted by atomic mass is 16.4. The first-order chi connectivity index (χ1) is 10.1. The number of aromatic nitrogens is 1. The van der Waals surface area contributed by atoms with Crippen molar-refractivity contribution in [3.63, 3.8) is 0 Å². The van der Waals surface area contributed by atoms with Crippen molar-refractivity contribution in [1.82, 2.24) is 9.88 Å². The number of piperidine rings is 1. The molecule has 1 aliphatic heterocycles. The summed E-state index contributed by atoms with van der Waals surface area (Å²) in [6, 6.07) is 9.73. The van der Waals surface area contributed by atoms with Gasteiger partial charge in [0, 0.05) is 11.4 Å². The molecular formula is C16H19N3O2. The van der Waals surface area contributed by atoms with Crippen LogP contribution >= 0.6 is 0 Å². The smallest absolute Gasteiger partial charge is 0.354 e. The largest absolute Gasteiger partial charge is 0.477 e. The number of hydrogen-bond acceptors (Lipinski definition) is 4. The van der Waals surface area contributed by atoms with Crippen molar-refractivity contribution in [3.8, 4) is 0 Å². The van der Waals surface area contributed by atoms with E-state index >= 15 is 0 Å². The second-order valence-corrected chi connectivity index (χ2v) is 5.60. The van der Waals surface area contributed by atoms with E-state index < -0.39 is 5.97 Å². The molecule has 1 aromatic heterocycles. The summed E-state index contributed by atoms with van der Waals surface area (Å²) >= 11 is 0. The van der Waals surface area contributed by atoms with Crippen LogP contribution in [0.2, 0.25) is 0 Å². The molecule has 3 rings (SSSR count). The van der Waals surface area contributed by atoms with Crippen molar-refractivity contribution in [2.75, 3.05) is 25.5 Å². The van der Waals surface area contributed by atoms with Crippen LogP contribution in [0.25, 0.3) is 10.8 Å². The predicted molar refractivity (Wildman–Crippen MR) is 82.8 cm³/mol. The van der Waals surface area contributed by atoms with Crippen molar-refractivity contribution < 1.29 is 9.90 Å². The molecule has 0 aliphatic carbocycles. The van der Waals surface area contributed by atoms with Crippen molar-refractivity contribution in [2.45, 2.75) is 18.9 Å². The normalized spacial score (nSPS) is 17.0. The van der Waals surface area contributed by atoms with E-state index in [0.717, 1.165) is 36.7 Å². The topological polar surface area (TPSA) is 65.5 Å². The van der Waals surface area contributed by atoms with E-state index in [1.54, 1.807) is 6.07 Å². The molecule has 1 aliphatic rings. The third-order valence-corrected chi connectivity index (χ3v) is 4.02. The average Bonchev–Trinajstić information content (AvgIpc) is 2.49. The van der Waals surface area contributed by atoms with Gasteiger partial charge >= 0.3 is 5.97 Å². The molecule has 0 saturated carbocycles. The lowest BCUT2D eigenvalue weighted by atomic mass is 10.0. The summed E-state index contributed by atoms with van der Waals surface area (Å²) in [6.45, 7) is 2.10. The Hall–Kier alpha value is -2.14. The van der Waals surface area contributed by atoms with Gasteiger partial charge in [0.15, 0.2) is 5.69 Å². The number of carboxylic acids is 1. The minimum Gasteiger partial charge on any atom is -0.477 e. The number of pyridine rings is 1. The Balaban J connectivity index is 1.94. The number of anilines is 1. The van der Waals surface area contributed by atoms with Crippen molar-refractivity contribution in [2.24, 2.45) is 0 Å². The molecule has 2 N–H and O–H groups in total. The number of nitrogens with one attached hydrogen (secondary N) is 1. The summed E-state index contributed by atoms with van der Waals surface area (Å²) in [5, 5.41) is 14.5. The van der Waals surface area contributed by atoms with E-state index in [0.29, 0.717) is 11.9 Å². The molecule has 0 radical (unpaired) electrons. The van der Waals surface area contributed by atoms with E-state index in [1.807, 2.05) is 24.3 Å². The van der Waals surface area contributed by atoms with Gasteiger partial charge in [-0.3, -0.25) is 0 Å². The quantitative estimate of drug-likeness (QED) is 0.906. The lowest BCUT2D eigenvalue weighted by molar-refractivity contribution is 0.0691. The molecule has 0 spiro atoms. The average molecular weight is 285 g/mol. The van der Waals surface area contributed by atoms with Crippen LogP contribution in [-0.4, -0.2) is 47.1 Å². The summed E-state index contributed by atoms with van der Waals surface area (Å²) in [6.07, 6.45) is 2.09. The van der Waals surface area contributed by atoms with Crippen LogP contribution in [0.5, 0.6) is 0 Å². The highest BCUT2D eigenvalue weighted by Crippen LogP contribution is 2.25. The van der Waals surface area contributed by atoms with Gasteiger partial charge < -0.3 is 15.3 Å². The number of carboxylic acid groups (broad SMARTS) is 1. The number of aromatic carboxylic acids is 1. The lowest BCUT2D eigenvalue weighted by Crippen LogP contribution is -2.37. The van der Waals surface area contributed by atoms with Crippen molar-refractivity contribution in [1.29, 1.82) is 0 Å². The summed E-state index contributed by atoms with van der Waals surface area (Å²) in [5.74, 6) is -0.313. The first-order valence-corrected chi connectivity index (χ1v) is 7.21. The minimum absolute atomic E-state index is 0.0872. The van der Waals surface area contributed by atoms with Gasteiger partial charge in [0.25, 0.3) is 0 Å². The van der Waals surface area contributed by atoms with Crippen molar-refractivity contribution >= 4 is 22.6 Å². The number of benzene rings is 1. The summed E-state index contributed by atoms with van der Waals surface area (Å²) < 4.78 is 0. The molecule has 21 heavy (non-hydrogen) atoms. The Morgan fingerprint density at radius 2 is 2.05 bits per heavy atom. The molecule has 110 valence electrons. The molecule has 1 saturated heterocycles. The highest BCUT2D eigenvalue weighted by Gasteiger charge is 2.18. The molecule has 2 aromatic rings. The second-order valence-electron chi connectivity index (χ2n) is 5.60. The Bertz CT molecular complexity index is 664. The zero-order chi connectivity index (χ0) is 14.8. The van der Waals surface area contributed by atoms with Gasteiger partial charge in [0.1, 0.15) is 5.82 Å². The fraction of sp³-hybridized carbons (Fsp3) is 0.375. The van der Waals surface area contributed by atoms with E-state index in [-0.39, 0.29) is 5.69 Å². The van der Waals surface area contributed by atoms with E-state index in [2.05, 4.69) is 22.2 Å². The van der Waals surface area contributed by atoms with Crippen LogP contribution in [0.1, 0.15) is 23.3 Å². The second kappa shape index (κ2) is 5.69. The Morgan fingerprint density at radius 1 is 1.33 bits per heavy atom. The van der Waals surface area contributed by atoms with Crippen molar-refractivity contribution in [3.05, 3.63) is 36.0 Å². The molecule has 5 heteroatoms. The van der Waals surface area contributed by atoms with E-state index in [9.17, 15) is 9.90 Å². The summed E-state index contributed by atoms with van der Waals surface area (Å²) in [7, 11) is 2.12. The van der Waals surface area contributed by atoms with Gasteiger partial charge in [0.05, 0.1) is 0 Å². The van der Waals surface area contributed by atoms with E-state index in [4.69, 9.17) is 0 Å². The standard InChI is InChI=1S/C16H19N3O2/c1-19-8-6-12(7-9-19)17-15-13-5-3-2-4-11(13)10-14(18-15)16(20)21/h2-5,10,12H,6-9H2,1H3,(H,17,18)(H,20,21). The first kappa shape index (κ1) is 13.8. The molecule has 0 amide bonds. The number of carbonyl (C=O) groups is 1. The molecule has 5 nitrogen and oxygen atoms in total. The van der Waals surface area contributed by atoms with Gasteiger partial charge in [-0.1, -0.05) is 24.3 Å². The first-order valence-electron chi connectivity index (χ1n) is 7.21. The third-order valence-electron chi connectivity index (χ3n) is 4.02. The monoisotopic (exact) mass is 285 g/mol. The lowest BCUT2D eigenvalue weighted by Gasteiger charge is -2.30. The molecular weight excluding hydrogens is 266 g/mol. The van der Waals surface area contributed by atoms with Gasteiger partial charge in [-0.25, -0.2) is 9.78 Å². The molecule has 1 aromatic carbocycles. The Morgan fingerprint density at radius 3 is 2.76 bits per heavy atom. The number of likely N-dealkylation sites (tertiary alicyclic amines) is 1. The van der Waals surface area contributed by atoms with Gasteiger partial charge in [-0.05, 0) is 44.4 Å². The van der Waals surface area contributed by atoms with Crippen LogP contribution in [-0.2, 0) is 0 Å². The molecule has 1 fully saturated rings. The third kappa shape index (κ3) is 2.97. The maximum absolute atomic E-state index is 11.2. The minimum atomic E-state index is -0.993. The maximum Gasteiger partial charge on any atom is 0.354 e. The Kier molecular flexibility index (Phi) is 3.75. The molecule has 0 unspecified atom stereocenters. The predicted octanol–water partition coefficient (Wildman–Crippen LogP) is 2.44. The maximum atomic E-state index is 11.2. The van der Waals surface area contributed by atoms with Gasteiger partial charge in [0.2, 0.25) is 0 Å². The number of nitrogens with zero attached hydrogens (tertiary/aromatic N) is 2. The molecule has 2 heterocycles. The van der Waals surface area contributed by atoms with Crippen LogP contribution in [0, 0.1) is 0 Å².